The summed E-state index contributed by atoms with van der Waals surface area (Å²) in [5.41, 5.74) is -0.0861. The fourth-order valence-electron chi connectivity index (χ4n) is 1.36. The highest BCUT2D eigenvalue weighted by molar-refractivity contribution is 5.94. The first kappa shape index (κ1) is 11.8. The minimum absolute atomic E-state index is 0.0861. The zero-order valence-electron chi connectivity index (χ0n) is 9.49. The van der Waals surface area contributed by atoms with Crippen molar-refractivity contribution in [1.82, 2.24) is 20.0 Å². The third-order valence-corrected chi connectivity index (χ3v) is 2.36. The molecule has 1 unspecified atom stereocenters. The van der Waals surface area contributed by atoms with Gasteiger partial charge in [0, 0.05) is 18.5 Å². The number of aromatic carboxylic acids is 1. The molecule has 0 aliphatic heterocycles. The number of nitrogens with one attached hydrogen (secondary N) is 2. The van der Waals surface area contributed by atoms with E-state index in [4.69, 9.17) is 5.11 Å². The second kappa shape index (κ2) is 4.70. The first-order valence-electron chi connectivity index (χ1n) is 5.16. The van der Waals surface area contributed by atoms with Gasteiger partial charge < -0.3 is 10.4 Å². The Kier molecular flexibility index (Phi) is 3.09. The Bertz CT molecular complexity index is 560. The fraction of sp³-hybridized carbons (Fsp3) is 0.200. The molecule has 2 aromatic rings. The molecule has 1 amide bonds. The van der Waals surface area contributed by atoms with E-state index in [1.165, 1.54) is 10.7 Å². The standard InChI is InChI=1S/C10H11N5O3/c1-6(15-4-2-3-11-15)9(16)12-8-5-7(10(17)18)13-14-8/h2-6H,1H3,(H,17,18)(H2,12,13,14,16). The fourth-order valence-corrected chi connectivity index (χ4v) is 1.36. The van der Waals surface area contributed by atoms with Crippen LogP contribution in [0.2, 0.25) is 0 Å². The van der Waals surface area contributed by atoms with E-state index in [1.807, 2.05) is 0 Å². The van der Waals surface area contributed by atoms with Crippen LogP contribution in [0.1, 0.15) is 23.5 Å². The Morgan fingerprint density at radius 2 is 2.33 bits per heavy atom. The Morgan fingerprint density at radius 1 is 1.56 bits per heavy atom. The lowest BCUT2D eigenvalue weighted by molar-refractivity contribution is -0.119. The molecule has 0 aliphatic carbocycles. The maximum Gasteiger partial charge on any atom is 0.353 e. The molecule has 0 fully saturated rings. The summed E-state index contributed by atoms with van der Waals surface area (Å²) in [4.78, 5) is 22.4. The van der Waals surface area contributed by atoms with Gasteiger partial charge >= 0.3 is 5.97 Å². The Hall–Kier alpha value is -2.64. The Balaban J connectivity index is 2.04. The van der Waals surface area contributed by atoms with Crippen molar-refractivity contribution in [3.63, 3.8) is 0 Å². The third-order valence-electron chi connectivity index (χ3n) is 2.36. The molecule has 0 spiro atoms. The lowest BCUT2D eigenvalue weighted by atomic mass is 10.3. The third kappa shape index (κ3) is 2.37. The van der Waals surface area contributed by atoms with Crippen molar-refractivity contribution in [3.8, 4) is 0 Å². The van der Waals surface area contributed by atoms with Crippen LogP contribution in [0.4, 0.5) is 5.82 Å². The van der Waals surface area contributed by atoms with Gasteiger partial charge in [0.15, 0.2) is 5.82 Å². The highest BCUT2D eigenvalue weighted by Gasteiger charge is 2.17. The highest BCUT2D eigenvalue weighted by Crippen LogP contribution is 2.10. The van der Waals surface area contributed by atoms with Crippen LogP contribution in [0.15, 0.2) is 24.5 Å². The highest BCUT2D eigenvalue weighted by atomic mass is 16.4. The number of rotatable bonds is 4. The van der Waals surface area contributed by atoms with Gasteiger partial charge in [-0.15, -0.1) is 0 Å². The van der Waals surface area contributed by atoms with Gasteiger partial charge in [0.25, 0.3) is 0 Å². The summed E-state index contributed by atoms with van der Waals surface area (Å²) in [7, 11) is 0. The van der Waals surface area contributed by atoms with Crippen LogP contribution in [0.3, 0.4) is 0 Å². The molecule has 0 radical (unpaired) electrons. The van der Waals surface area contributed by atoms with Crippen LogP contribution in [0.25, 0.3) is 0 Å². The topological polar surface area (TPSA) is 113 Å². The van der Waals surface area contributed by atoms with Gasteiger partial charge in [0.2, 0.25) is 5.91 Å². The van der Waals surface area contributed by atoms with Gasteiger partial charge in [0.05, 0.1) is 0 Å². The number of anilines is 1. The molecule has 3 N–H and O–H groups in total. The van der Waals surface area contributed by atoms with Gasteiger partial charge in [-0.2, -0.15) is 10.2 Å². The first-order chi connectivity index (χ1) is 8.58. The van der Waals surface area contributed by atoms with Gasteiger partial charge in [-0.25, -0.2) is 4.79 Å². The van der Waals surface area contributed by atoms with E-state index < -0.39 is 12.0 Å². The van der Waals surface area contributed by atoms with Crippen molar-refractivity contribution in [3.05, 3.63) is 30.2 Å². The number of H-pyrrole nitrogens is 1. The van der Waals surface area contributed by atoms with Crippen molar-refractivity contribution in [2.75, 3.05) is 5.32 Å². The number of carboxylic acids is 1. The number of aromatic amines is 1. The minimum atomic E-state index is -1.14. The number of carboxylic acid groups (broad SMARTS) is 1. The summed E-state index contributed by atoms with van der Waals surface area (Å²) in [5, 5.41) is 21.1. The summed E-state index contributed by atoms with van der Waals surface area (Å²) in [6.07, 6.45) is 3.23. The van der Waals surface area contributed by atoms with Crippen LogP contribution in [-0.4, -0.2) is 37.0 Å². The molecular formula is C10H11N5O3. The minimum Gasteiger partial charge on any atom is -0.477 e. The molecular weight excluding hydrogens is 238 g/mol. The van der Waals surface area contributed by atoms with Crippen molar-refractivity contribution >= 4 is 17.7 Å². The Morgan fingerprint density at radius 3 is 2.89 bits per heavy atom. The van der Waals surface area contributed by atoms with Gasteiger partial charge in [-0.1, -0.05) is 0 Å². The van der Waals surface area contributed by atoms with E-state index in [2.05, 4.69) is 20.6 Å². The summed E-state index contributed by atoms with van der Waals surface area (Å²) in [6, 6.07) is 2.45. The van der Waals surface area contributed by atoms with Crippen LogP contribution >= 0.6 is 0 Å². The second-order valence-corrected chi connectivity index (χ2v) is 3.62. The van der Waals surface area contributed by atoms with E-state index in [9.17, 15) is 9.59 Å². The molecule has 0 bridgehead atoms. The number of amides is 1. The maximum atomic E-state index is 11.8. The molecule has 1 atom stereocenters. The van der Waals surface area contributed by atoms with Gasteiger partial charge in [-0.3, -0.25) is 14.6 Å². The van der Waals surface area contributed by atoms with E-state index in [-0.39, 0.29) is 17.4 Å². The van der Waals surface area contributed by atoms with E-state index >= 15 is 0 Å². The van der Waals surface area contributed by atoms with Crippen LogP contribution in [-0.2, 0) is 4.79 Å². The average Bonchev–Trinajstić information content (AvgIpc) is 2.98. The van der Waals surface area contributed by atoms with Crippen LogP contribution < -0.4 is 5.32 Å². The van der Waals surface area contributed by atoms with Crippen molar-refractivity contribution in [2.24, 2.45) is 0 Å². The Labute approximate surface area is 102 Å². The molecule has 18 heavy (non-hydrogen) atoms. The lowest BCUT2D eigenvalue weighted by Crippen LogP contribution is -2.24. The normalized spacial score (nSPS) is 12.1. The zero-order chi connectivity index (χ0) is 13.1. The molecule has 2 heterocycles. The van der Waals surface area contributed by atoms with E-state index in [0.717, 1.165) is 0 Å². The molecule has 94 valence electrons. The SMILES string of the molecule is CC(C(=O)Nc1cc(C(=O)O)[nH]n1)n1cccn1. The van der Waals surface area contributed by atoms with Crippen LogP contribution in [0.5, 0.6) is 0 Å². The van der Waals surface area contributed by atoms with Crippen LogP contribution in [0, 0.1) is 0 Å². The molecule has 0 aromatic carbocycles. The average molecular weight is 249 g/mol. The molecule has 8 heteroatoms. The summed E-state index contributed by atoms with van der Waals surface area (Å²) in [5.74, 6) is -1.30. The van der Waals surface area contributed by atoms with E-state index in [1.54, 1.807) is 25.4 Å². The molecule has 0 saturated heterocycles. The quantitative estimate of drug-likeness (QED) is 0.730. The number of aromatic nitrogens is 4. The van der Waals surface area contributed by atoms with Gasteiger partial charge in [0.1, 0.15) is 11.7 Å². The smallest absolute Gasteiger partial charge is 0.353 e. The molecule has 2 rings (SSSR count). The number of carbonyl (C=O) groups excluding carboxylic acids is 1. The van der Waals surface area contributed by atoms with Crippen molar-refractivity contribution < 1.29 is 14.7 Å². The lowest BCUT2D eigenvalue weighted by Gasteiger charge is -2.10. The van der Waals surface area contributed by atoms with E-state index in [0.29, 0.717) is 0 Å². The molecule has 0 saturated carbocycles. The van der Waals surface area contributed by atoms with Crippen molar-refractivity contribution in [1.29, 1.82) is 0 Å². The summed E-state index contributed by atoms with van der Waals surface area (Å²) in [6.45, 7) is 1.67. The summed E-state index contributed by atoms with van der Waals surface area (Å²) >= 11 is 0. The second-order valence-electron chi connectivity index (χ2n) is 3.62. The number of carbonyl (C=O) groups is 2. The largest absolute Gasteiger partial charge is 0.477 e. The number of hydrogen-bond donors (Lipinski definition) is 3. The zero-order valence-corrected chi connectivity index (χ0v) is 9.49. The monoisotopic (exact) mass is 249 g/mol. The predicted octanol–water partition coefficient (Wildman–Crippen LogP) is 0.504. The molecule has 0 aliphatic rings. The molecule has 8 nitrogen and oxygen atoms in total. The summed E-state index contributed by atoms with van der Waals surface area (Å²) < 4.78 is 1.49. The predicted molar refractivity (Wildman–Crippen MR) is 61.1 cm³/mol. The van der Waals surface area contributed by atoms with Gasteiger partial charge in [-0.05, 0) is 13.0 Å². The first-order valence-corrected chi connectivity index (χ1v) is 5.16. The molecule has 2 aromatic heterocycles. The maximum absolute atomic E-state index is 11.8. The van der Waals surface area contributed by atoms with Crippen molar-refractivity contribution in [2.45, 2.75) is 13.0 Å². The number of hydrogen-bond acceptors (Lipinski definition) is 4. The number of nitrogens with zero attached hydrogens (tertiary/aromatic N) is 3.